The number of nitrogens with zero attached hydrogens (tertiary/aromatic N) is 3. The molecule has 0 aliphatic carbocycles. The topological polar surface area (TPSA) is 73.7 Å². The fourth-order valence-corrected chi connectivity index (χ4v) is 3.11. The van der Waals surface area contributed by atoms with E-state index in [-0.39, 0.29) is 11.3 Å². The Hall–Kier alpha value is -3.32. The number of carbonyl (C=O) groups is 2. The van der Waals surface area contributed by atoms with Crippen LogP contribution in [0, 0.1) is 13.8 Å². The second-order valence-corrected chi connectivity index (χ2v) is 6.61. The number of anilines is 1. The average molecular weight is 414 g/mol. The summed E-state index contributed by atoms with van der Waals surface area (Å²) in [7, 11) is 2.52. The minimum Gasteiger partial charge on any atom is -0.465 e. The molecule has 150 valence electrons. The highest BCUT2D eigenvalue weighted by molar-refractivity contribution is 6.31. The molecule has 0 saturated heterocycles. The van der Waals surface area contributed by atoms with Gasteiger partial charge in [-0.15, -0.1) is 0 Å². The van der Waals surface area contributed by atoms with Crippen LogP contribution in [0.25, 0.3) is 5.69 Å². The molecule has 0 unspecified atom stereocenters. The summed E-state index contributed by atoms with van der Waals surface area (Å²) >= 11 is 6.24. The van der Waals surface area contributed by atoms with Gasteiger partial charge in [0.2, 0.25) is 0 Å². The van der Waals surface area contributed by atoms with Crippen LogP contribution in [0.2, 0.25) is 5.02 Å². The molecular formula is C21H20ClN3O4. The van der Waals surface area contributed by atoms with Crippen molar-refractivity contribution >= 4 is 29.2 Å². The van der Waals surface area contributed by atoms with Crippen molar-refractivity contribution in [2.75, 3.05) is 19.1 Å². The summed E-state index contributed by atoms with van der Waals surface area (Å²) in [6, 6.07) is 7.33. The Morgan fingerprint density at radius 1 is 0.966 bits per heavy atom. The zero-order valence-electron chi connectivity index (χ0n) is 16.5. The second-order valence-electron chi connectivity index (χ2n) is 6.23. The standard InChI is InChI=1S/C21H20ClN3O4/c1-13-18(22)14(2)25(23-13)16-10-8-15(9-11-16)24-12-6-5-7-17(20(26)28-3)19(24)21(27)29-4/h5-12H,1-4H3. The normalized spacial score (nSPS) is 13.5. The number of carbonyl (C=O) groups excluding carboxylic acids is 2. The van der Waals surface area contributed by atoms with Gasteiger partial charge in [0, 0.05) is 11.9 Å². The maximum Gasteiger partial charge on any atom is 0.355 e. The van der Waals surface area contributed by atoms with Gasteiger partial charge in [-0.1, -0.05) is 17.7 Å². The molecule has 2 aromatic rings. The summed E-state index contributed by atoms with van der Waals surface area (Å²) in [5.41, 5.74) is 3.20. The Morgan fingerprint density at radius 2 is 1.59 bits per heavy atom. The van der Waals surface area contributed by atoms with E-state index in [2.05, 4.69) is 5.10 Å². The minimum absolute atomic E-state index is 0.0614. The van der Waals surface area contributed by atoms with Gasteiger partial charge in [-0.3, -0.25) is 0 Å². The lowest BCUT2D eigenvalue weighted by atomic mass is 10.1. The van der Waals surface area contributed by atoms with Crippen LogP contribution in [0.3, 0.4) is 0 Å². The molecule has 1 aliphatic rings. The first-order chi connectivity index (χ1) is 13.9. The van der Waals surface area contributed by atoms with E-state index in [1.54, 1.807) is 27.9 Å². The van der Waals surface area contributed by atoms with Gasteiger partial charge in [-0.05, 0) is 50.3 Å². The third-order valence-corrected chi connectivity index (χ3v) is 5.01. The Kier molecular flexibility index (Phi) is 5.89. The SMILES string of the molecule is COC(=O)C1=C(C(=O)OC)N(c2ccc(-n3nc(C)c(Cl)c3C)cc2)C=CC=C1. The lowest BCUT2D eigenvalue weighted by Crippen LogP contribution is -2.26. The van der Waals surface area contributed by atoms with Gasteiger partial charge in [0.25, 0.3) is 0 Å². The monoisotopic (exact) mass is 413 g/mol. The van der Waals surface area contributed by atoms with Gasteiger partial charge in [0.1, 0.15) is 5.70 Å². The summed E-state index contributed by atoms with van der Waals surface area (Å²) in [6.45, 7) is 3.73. The van der Waals surface area contributed by atoms with Crippen molar-refractivity contribution in [1.82, 2.24) is 9.78 Å². The molecule has 1 aliphatic heterocycles. The highest BCUT2D eigenvalue weighted by atomic mass is 35.5. The number of rotatable bonds is 4. The number of allylic oxidation sites excluding steroid dienone is 2. The summed E-state index contributed by atoms with van der Waals surface area (Å²) < 4.78 is 11.5. The number of hydrogen-bond acceptors (Lipinski definition) is 6. The van der Waals surface area contributed by atoms with Crippen molar-refractivity contribution in [3.05, 3.63) is 76.4 Å². The third kappa shape index (κ3) is 3.82. The van der Waals surface area contributed by atoms with Crippen LogP contribution in [0.15, 0.2) is 60.0 Å². The molecule has 0 radical (unpaired) electrons. The number of methoxy groups -OCH3 is 2. The fourth-order valence-electron chi connectivity index (χ4n) is 3.00. The van der Waals surface area contributed by atoms with Gasteiger partial charge in [0.15, 0.2) is 0 Å². The zero-order valence-corrected chi connectivity index (χ0v) is 17.2. The third-order valence-electron chi connectivity index (χ3n) is 4.46. The largest absolute Gasteiger partial charge is 0.465 e. The highest BCUT2D eigenvalue weighted by Gasteiger charge is 2.27. The number of esters is 2. The predicted octanol–water partition coefficient (Wildman–Crippen LogP) is 3.63. The van der Waals surface area contributed by atoms with E-state index in [9.17, 15) is 9.59 Å². The molecule has 2 heterocycles. The van der Waals surface area contributed by atoms with E-state index < -0.39 is 11.9 Å². The molecule has 29 heavy (non-hydrogen) atoms. The maximum absolute atomic E-state index is 12.5. The molecule has 0 N–H and O–H groups in total. The first kappa shape index (κ1) is 20.4. The number of aromatic nitrogens is 2. The van der Waals surface area contributed by atoms with Gasteiger partial charge in [0.05, 0.1) is 41.9 Å². The molecule has 3 rings (SSSR count). The molecule has 1 aromatic heterocycles. The highest BCUT2D eigenvalue weighted by Crippen LogP contribution is 2.28. The Morgan fingerprint density at radius 3 is 2.14 bits per heavy atom. The number of aryl methyl sites for hydroxylation is 1. The van der Waals surface area contributed by atoms with Gasteiger partial charge in [-0.25, -0.2) is 14.3 Å². The van der Waals surface area contributed by atoms with Gasteiger partial charge < -0.3 is 14.4 Å². The van der Waals surface area contributed by atoms with Crippen LogP contribution in [0.5, 0.6) is 0 Å². The summed E-state index contributed by atoms with van der Waals surface area (Å²) in [4.78, 5) is 26.3. The van der Waals surface area contributed by atoms with E-state index in [4.69, 9.17) is 21.1 Å². The molecule has 8 heteroatoms. The van der Waals surface area contributed by atoms with Crippen molar-refractivity contribution in [1.29, 1.82) is 0 Å². The first-order valence-electron chi connectivity index (χ1n) is 8.76. The second kappa shape index (κ2) is 8.36. The number of ether oxygens (including phenoxy) is 2. The van der Waals surface area contributed by atoms with Crippen molar-refractivity contribution < 1.29 is 19.1 Å². The van der Waals surface area contributed by atoms with Crippen LogP contribution < -0.4 is 4.90 Å². The molecule has 0 atom stereocenters. The van der Waals surface area contributed by atoms with Crippen molar-refractivity contribution in [3.63, 3.8) is 0 Å². The molecule has 0 bridgehead atoms. The van der Waals surface area contributed by atoms with E-state index in [1.807, 2.05) is 38.1 Å². The van der Waals surface area contributed by atoms with Crippen LogP contribution in [0.4, 0.5) is 5.69 Å². The van der Waals surface area contributed by atoms with Crippen molar-refractivity contribution in [3.8, 4) is 5.69 Å². The van der Waals surface area contributed by atoms with Gasteiger partial charge in [-0.2, -0.15) is 5.10 Å². The molecule has 0 amide bonds. The quantitative estimate of drug-likeness (QED) is 0.712. The average Bonchev–Trinajstić information content (AvgIpc) is 2.92. The minimum atomic E-state index is -0.656. The smallest absolute Gasteiger partial charge is 0.355 e. The Balaban J connectivity index is 2.07. The maximum atomic E-state index is 12.5. The molecule has 7 nitrogen and oxygen atoms in total. The summed E-state index contributed by atoms with van der Waals surface area (Å²) in [6.07, 6.45) is 6.56. The van der Waals surface area contributed by atoms with E-state index in [0.717, 1.165) is 17.1 Å². The Labute approximate surface area is 173 Å². The lowest BCUT2D eigenvalue weighted by Gasteiger charge is -2.23. The van der Waals surface area contributed by atoms with E-state index in [0.29, 0.717) is 10.7 Å². The Bertz CT molecular complexity index is 1050. The van der Waals surface area contributed by atoms with Crippen molar-refractivity contribution in [2.45, 2.75) is 13.8 Å². The van der Waals surface area contributed by atoms with Crippen LogP contribution in [0.1, 0.15) is 11.4 Å². The van der Waals surface area contributed by atoms with E-state index in [1.165, 1.54) is 20.3 Å². The first-order valence-corrected chi connectivity index (χ1v) is 9.14. The number of hydrogen-bond donors (Lipinski definition) is 0. The lowest BCUT2D eigenvalue weighted by molar-refractivity contribution is -0.139. The number of halogens is 1. The molecular weight excluding hydrogens is 394 g/mol. The van der Waals surface area contributed by atoms with Crippen LogP contribution in [-0.2, 0) is 19.1 Å². The van der Waals surface area contributed by atoms with Crippen molar-refractivity contribution in [2.24, 2.45) is 0 Å². The summed E-state index contributed by atoms with van der Waals surface area (Å²) in [5.74, 6) is -1.29. The van der Waals surface area contributed by atoms with Crippen LogP contribution in [-0.4, -0.2) is 35.9 Å². The summed E-state index contributed by atoms with van der Waals surface area (Å²) in [5, 5.41) is 5.06. The van der Waals surface area contributed by atoms with E-state index >= 15 is 0 Å². The fraction of sp³-hybridized carbons (Fsp3) is 0.190. The molecule has 1 aromatic carbocycles. The van der Waals surface area contributed by atoms with Crippen LogP contribution >= 0.6 is 11.6 Å². The molecule has 0 spiro atoms. The molecule has 0 saturated carbocycles. The van der Waals surface area contributed by atoms with Gasteiger partial charge >= 0.3 is 11.9 Å². The zero-order chi connectivity index (χ0) is 21.1. The number of benzene rings is 1. The predicted molar refractivity (Wildman–Crippen MR) is 110 cm³/mol. The molecule has 0 fully saturated rings.